The number of Topliss-reactive ketones (excluding diaryl/α,β-unsaturated/α-hetero) is 1. The summed E-state index contributed by atoms with van der Waals surface area (Å²) in [6.45, 7) is 0. The SMILES string of the molecule is Cn1c(O)c(-c2[nH][nH]c(=O)c2C=C2C(=O)c3ccccc3N(c3ccccc3)C2=O)c(=O)c2ccccc21. The van der Waals surface area contributed by atoms with Gasteiger partial charge < -0.3 is 9.67 Å². The van der Waals surface area contributed by atoms with Crippen LogP contribution in [0.25, 0.3) is 28.2 Å². The summed E-state index contributed by atoms with van der Waals surface area (Å²) >= 11 is 0. The molecule has 0 spiro atoms. The zero-order chi connectivity index (χ0) is 26.6. The van der Waals surface area contributed by atoms with Gasteiger partial charge in [0.1, 0.15) is 5.56 Å². The molecule has 3 aromatic carbocycles. The number of pyridine rings is 1. The number of ketones is 1. The number of carbonyl (C=O) groups is 2. The number of aromatic hydroxyl groups is 1. The molecule has 9 nitrogen and oxygen atoms in total. The van der Waals surface area contributed by atoms with Crippen molar-refractivity contribution in [2.24, 2.45) is 7.05 Å². The number of fused-ring (bicyclic) bond motifs is 2. The Hall–Kier alpha value is -5.44. The zero-order valence-electron chi connectivity index (χ0n) is 20.1. The molecule has 0 atom stereocenters. The number of benzene rings is 3. The molecule has 3 heterocycles. The van der Waals surface area contributed by atoms with Crippen LogP contribution in [-0.2, 0) is 11.8 Å². The van der Waals surface area contributed by atoms with Gasteiger partial charge in [0.15, 0.2) is 0 Å². The lowest BCUT2D eigenvalue weighted by Gasteiger charge is -2.30. The predicted octanol–water partition coefficient (Wildman–Crippen LogP) is 3.87. The van der Waals surface area contributed by atoms with Gasteiger partial charge in [0.2, 0.25) is 17.1 Å². The fourth-order valence-corrected chi connectivity index (χ4v) is 4.84. The monoisotopic (exact) mass is 504 g/mol. The van der Waals surface area contributed by atoms with E-state index in [-0.39, 0.29) is 28.3 Å². The molecular weight excluding hydrogens is 484 g/mol. The molecule has 2 aromatic heterocycles. The smallest absolute Gasteiger partial charge is 0.271 e. The van der Waals surface area contributed by atoms with Crippen molar-refractivity contribution in [1.82, 2.24) is 14.8 Å². The second kappa shape index (κ2) is 8.59. The Balaban J connectivity index is 1.59. The molecule has 1 aliphatic heterocycles. The molecule has 5 aromatic rings. The number of H-pyrrole nitrogens is 2. The molecule has 1 amide bonds. The van der Waals surface area contributed by atoms with Crippen LogP contribution in [0.2, 0.25) is 0 Å². The number of carbonyl (C=O) groups excluding carboxylic acids is 2. The number of aromatic amines is 2. The van der Waals surface area contributed by atoms with Crippen molar-refractivity contribution in [3.63, 3.8) is 0 Å². The van der Waals surface area contributed by atoms with Crippen LogP contribution in [-0.4, -0.2) is 31.6 Å². The number of rotatable bonds is 3. The van der Waals surface area contributed by atoms with E-state index in [9.17, 15) is 24.3 Å². The lowest BCUT2D eigenvalue weighted by Crippen LogP contribution is -2.36. The Bertz CT molecular complexity index is 1930. The maximum Gasteiger partial charge on any atom is 0.271 e. The van der Waals surface area contributed by atoms with E-state index in [0.29, 0.717) is 27.8 Å². The molecule has 186 valence electrons. The number of anilines is 2. The standard InChI is InChI=1S/C29H20N4O5/c1-32-21-13-7-5-11-17(21)26(35)23(29(32)38)24-19(27(36)31-30-24)15-20-25(34)18-12-6-8-14-22(18)33(28(20)37)16-9-3-2-4-10-16/h2-15,38H,1H3,(H2,30,31,36). The molecule has 9 heteroatoms. The predicted molar refractivity (Wildman–Crippen MR) is 144 cm³/mol. The van der Waals surface area contributed by atoms with Crippen LogP contribution >= 0.6 is 0 Å². The number of para-hydroxylation sites is 3. The Morgan fingerprint density at radius 1 is 0.816 bits per heavy atom. The van der Waals surface area contributed by atoms with Gasteiger partial charge in [-0.05, 0) is 42.5 Å². The van der Waals surface area contributed by atoms with E-state index in [1.165, 1.54) is 15.5 Å². The van der Waals surface area contributed by atoms with E-state index in [0.717, 1.165) is 0 Å². The van der Waals surface area contributed by atoms with Gasteiger partial charge in [-0.3, -0.25) is 34.3 Å². The van der Waals surface area contributed by atoms with Crippen molar-refractivity contribution in [2.75, 3.05) is 4.90 Å². The van der Waals surface area contributed by atoms with Crippen molar-refractivity contribution in [1.29, 1.82) is 0 Å². The highest BCUT2D eigenvalue weighted by Gasteiger charge is 2.36. The van der Waals surface area contributed by atoms with Crippen LogP contribution < -0.4 is 15.9 Å². The van der Waals surface area contributed by atoms with Crippen molar-refractivity contribution in [3.05, 3.63) is 116 Å². The minimum absolute atomic E-state index is 0.0305. The quantitative estimate of drug-likeness (QED) is 0.254. The van der Waals surface area contributed by atoms with E-state index in [1.54, 1.807) is 79.8 Å². The van der Waals surface area contributed by atoms with Gasteiger partial charge in [0.05, 0.1) is 28.0 Å². The fraction of sp³-hybridized carbons (Fsp3) is 0.0345. The first-order valence-corrected chi connectivity index (χ1v) is 11.7. The van der Waals surface area contributed by atoms with E-state index in [2.05, 4.69) is 10.2 Å². The van der Waals surface area contributed by atoms with Crippen LogP contribution in [0.4, 0.5) is 11.4 Å². The highest BCUT2D eigenvalue weighted by atomic mass is 16.3. The number of amides is 1. The summed E-state index contributed by atoms with van der Waals surface area (Å²) in [5.41, 5.74) is 0.0286. The molecular formula is C29H20N4O5. The van der Waals surface area contributed by atoms with Gasteiger partial charge in [-0.15, -0.1) is 0 Å². The third-order valence-corrected chi connectivity index (χ3v) is 6.71. The summed E-state index contributed by atoms with van der Waals surface area (Å²) in [5.74, 6) is -1.55. The first-order valence-electron chi connectivity index (χ1n) is 11.7. The second-order valence-corrected chi connectivity index (χ2v) is 8.85. The van der Waals surface area contributed by atoms with Crippen molar-refractivity contribution in [3.8, 4) is 17.1 Å². The van der Waals surface area contributed by atoms with Gasteiger partial charge in [0.25, 0.3) is 11.5 Å². The lowest BCUT2D eigenvalue weighted by atomic mass is 9.92. The lowest BCUT2D eigenvalue weighted by molar-refractivity contribution is -0.114. The Labute approximate surface area is 214 Å². The average molecular weight is 505 g/mol. The second-order valence-electron chi connectivity index (χ2n) is 8.85. The largest absolute Gasteiger partial charge is 0.494 e. The van der Waals surface area contributed by atoms with Crippen molar-refractivity contribution >= 4 is 40.0 Å². The summed E-state index contributed by atoms with van der Waals surface area (Å²) in [6.07, 6.45) is 1.18. The topological polar surface area (TPSA) is 128 Å². The summed E-state index contributed by atoms with van der Waals surface area (Å²) in [6, 6.07) is 22.3. The van der Waals surface area contributed by atoms with Gasteiger partial charge in [-0.2, -0.15) is 0 Å². The minimum Gasteiger partial charge on any atom is -0.494 e. The molecule has 0 unspecified atom stereocenters. The first kappa shape index (κ1) is 23.0. The van der Waals surface area contributed by atoms with Gasteiger partial charge >= 0.3 is 0 Å². The molecule has 0 bridgehead atoms. The molecule has 1 aliphatic rings. The molecule has 0 saturated heterocycles. The average Bonchev–Trinajstić information content (AvgIpc) is 3.30. The Morgan fingerprint density at radius 3 is 2.29 bits per heavy atom. The van der Waals surface area contributed by atoms with Crippen LogP contribution in [0.3, 0.4) is 0 Å². The van der Waals surface area contributed by atoms with Crippen molar-refractivity contribution < 1.29 is 14.7 Å². The van der Waals surface area contributed by atoms with Crippen LogP contribution in [0.1, 0.15) is 15.9 Å². The number of hydrogen-bond acceptors (Lipinski definition) is 5. The van der Waals surface area contributed by atoms with Crippen LogP contribution in [0.15, 0.2) is 94.0 Å². The molecule has 0 aliphatic carbocycles. The highest BCUT2D eigenvalue weighted by molar-refractivity contribution is 6.38. The van der Waals surface area contributed by atoms with E-state index >= 15 is 0 Å². The molecule has 0 saturated carbocycles. The molecule has 0 radical (unpaired) electrons. The highest BCUT2D eigenvalue weighted by Crippen LogP contribution is 2.37. The van der Waals surface area contributed by atoms with Gasteiger partial charge in [-0.25, -0.2) is 0 Å². The summed E-state index contributed by atoms with van der Waals surface area (Å²) in [5, 5.41) is 16.4. The van der Waals surface area contributed by atoms with Crippen LogP contribution in [0.5, 0.6) is 5.88 Å². The van der Waals surface area contributed by atoms with E-state index in [4.69, 9.17) is 0 Å². The summed E-state index contributed by atoms with van der Waals surface area (Å²) in [7, 11) is 1.59. The van der Waals surface area contributed by atoms with Gasteiger partial charge in [-0.1, -0.05) is 42.5 Å². The molecule has 38 heavy (non-hydrogen) atoms. The van der Waals surface area contributed by atoms with E-state index < -0.39 is 22.7 Å². The maximum absolute atomic E-state index is 13.7. The fourth-order valence-electron chi connectivity index (χ4n) is 4.84. The number of nitrogens with one attached hydrogen (secondary N) is 2. The normalized spacial score (nSPS) is 14.3. The zero-order valence-corrected chi connectivity index (χ0v) is 20.1. The maximum atomic E-state index is 13.7. The van der Waals surface area contributed by atoms with Crippen molar-refractivity contribution in [2.45, 2.75) is 0 Å². The summed E-state index contributed by atoms with van der Waals surface area (Å²) < 4.78 is 1.43. The summed E-state index contributed by atoms with van der Waals surface area (Å²) in [4.78, 5) is 55.0. The number of aryl methyl sites for hydroxylation is 1. The first-order chi connectivity index (χ1) is 18.4. The Morgan fingerprint density at radius 2 is 1.50 bits per heavy atom. The third-order valence-electron chi connectivity index (χ3n) is 6.71. The number of hydrogen-bond donors (Lipinski definition) is 3. The van der Waals surface area contributed by atoms with E-state index in [1.807, 2.05) is 6.07 Å². The number of aromatic nitrogens is 3. The number of nitrogens with zero attached hydrogens (tertiary/aromatic N) is 2. The minimum atomic E-state index is -0.659. The van der Waals surface area contributed by atoms with Crippen LogP contribution in [0, 0.1) is 0 Å². The molecule has 3 N–H and O–H groups in total. The Kier molecular flexibility index (Phi) is 5.20. The van der Waals surface area contributed by atoms with Gasteiger partial charge in [0, 0.05) is 23.7 Å². The third kappa shape index (κ3) is 3.33. The molecule has 6 rings (SSSR count). The molecule has 0 fully saturated rings.